The number of nitrogens with zero attached hydrogens (tertiary/aromatic N) is 3. The van der Waals surface area contributed by atoms with Gasteiger partial charge in [0.05, 0.1) is 17.8 Å². The largest absolute Gasteiger partial charge is 0.447 e. The van der Waals surface area contributed by atoms with Crippen molar-refractivity contribution in [2.24, 2.45) is 0 Å². The van der Waals surface area contributed by atoms with Crippen LogP contribution in [0.1, 0.15) is 49.4 Å². The van der Waals surface area contributed by atoms with Gasteiger partial charge in [-0.15, -0.1) is 0 Å². The first-order valence-electron chi connectivity index (χ1n) is 8.44. The molecule has 2 aliphatic heterocycles. The highest BCUT2D eigenvalue weighted by molar-refractivity contribution is 5.93. The van der Waals surface area contributed by atoms with E-state index in [1.807, 2.05) is 9.80 Å². The van der Waals surface area contributed by atoms with E-state index in [4.69, 9.17) is 4.74 Å². The maximum atomic E-state index is 12.3. The van der Waals surface area contributed by atoms with Crippen molar-refractivity contribution in [2.75, 3.05) is 19.7 Å². The maximum Gasteiger partial charge on any atom is 0.410 e. The SMILES string of the molecule is CCCCC1COC(=O)N1C1CCN(C(=O)c2cn[nH]c2)CC1. The molecule has 1 aromatic heterocycles. The average molecular weight is 320 g/mol. The van der Waals surface area contributed by atoms with Gasteiger partial charge >= 0.3 is 6.09 Å². The Morgan fingerprint density at radius 3 is 2.87 bits per heavy atom. The fourth-order valence-electron chi connectivity index (χ4n) is 3.48. The minimum Gasteiger partial charge on any atom is -0.447 e. The third kappa shape index (κ3) is 3.33. The summed E-state index contributed by atoms with van der Waals surface area (Å²) >= 11 is 0. The second-order valence-corrected chi connectivity index (χ2v) is 6.29. The van der Waals surface area contributed by atoms with Crippen LogP contribution in [0.5, 0.6) is 0 Å². The third-order valence-corrected chi connectivity index (χ3v) is 4.78. The number of ether oxygens (including phenoxy) is 1. The second-order valence-electron chi connectivity index (χ2n) is 6.29. The summed E-state index contributed by atoms with van der Waals surface area (Å²) in [6.07, 6.45) is 7.82. The number of nitrogens with one attached hydrogen (secondary N) is 1. The zero-order valence-electron chi connectivity index (χ0n) is 13.5. The predicted octanol–water partition coefficient (Wildman–Crippen LogP) is 2.03. The fraction of sp³-hybridized carbons (Fsp3) is 0.688. The number of likely N-dealkylation sites (tertiary alicyclic amines) is 1. The molecule has 1 N–H and O–H groups in total. The minimum atomic E-state index is -0.189. The van der Waals surface area contributed by atoms with Gasteiger partial charge < -0.3 is 9.64 Å². The molecular weight excluding hydrogens is 296 g/mol. The standard InChI is InChI=1S/C16H24N4O3/c1-2-3-4-14-11-23-16(22)20(14)13-5-7-19(8-6-13)15(21)12-9-17-18-10-12/h9-10,13-14H,2-8,11H2,1H3,(H,17,18). The van der Waals surface area contributed by atoms with Crippen LogP contribution in [-0.4, -0.2) is 63.8 Å². The Balaban J connectivity index is 1.57. The maximum absolute atomic E-state index is 12.3. The molecule has 0 aliphatic carbocycles. The van der Waals surface area contributed by atoms with E-state index >= 15 is 0 Å². The quantitative estimate of drug-likeness (QED) is 0.900. The van der Waals surface area contributed by atoms with E-state index in [2.05, 4.69) is 17.1 Å². The monoisotopic (exact) mass is 320 g/mol. The molecule has 126 valence electrons. The predicted molar refractivity (Wildman–Crippen MR) is 84.0 cm³/mol. The van der Waals surface area contributed by atoms with E-state index in [0.717, 1.165) is 32.1 Å². The van der Waals surface area contributed by atoms with Crippen molar-refractivity contribution < 1.29 is 14.3 Å². The zero-order valence-corrected chi connectivity index (χ0v) is 13.5. The van der Waals surface area contributed by atoms with E-state index in [-0.39, 0.29) is 24.1 Å². The van der Waals surface area contributed by atoms with Crippen LogP contribution >= 0.6 is 0 Å². The molecule has 7 nitrogen and oxygen atoms in total. The van der Waals surface area contributed by atoms with Gasteiger partial charge in [-0.2, -0.15) is 5.10 Å². The third-order valence-electron chi connectivity index (χ3n) is 4.78. The van der Waals surface area contributed by atoms with E-state index < -0.39 is 0 Å². The molecule has 0 saturated carbocycles. The first-order valence-corrected chi connectivity index (χ1v) is 8.44. The Morgan fingerprint density at radius 1 is 1.43 bits per heavy atom. The molecular formula is C16H24N4O3. The molecule has 23 heavy (non-hydrogen) atoms. The summed E-state index contributed by atoms with van der Waals surface area (Å²) in [5.74, 6) is 0.00346. The average Bonchev–Trinajstić information content (AvgIpc) is 3.22. The van der Waals surface area contributed by atoms with Gasteiger partial charge in [0.1, 0.15) is 6.61 Å². The second kappa shape index (κ2) is 7.02. The van der Waals surface area contributed by atoms with Crippen molar-refractivity contribution in [2.45, 2.75) is 51.1 Å². The summed E-state index contributed by atoms with van der Waals surface area (Å²) in [4.78, 5) is 28.1. The van der Waals surface area contributed by atoms with E-state index in [1.165, 1.54) is 0 Å². The zero-order chi connectivity index (χ0) is 16.2. The minimum absolute atomic E-state index is 0.00346. The Labute approximate surface area is 136 Å². The van der Waals surface area contributed by atoms with Gasteiger partial charge in [-0.25, -0.2) is 4.79 Å². The van der Waals surface area contributed by atoms with E-state index in [9.17, 15) is 9.59 Å². The highest BCUT2D eigenvalue weighted by Crippen LogP contribution is 2.26. The van der Waals surface area contributed by atoms with Crippen molar-refractivity contribution in [3.63, 3.8) is 0 Å². The summed E-state index contributed by atoms with van der Waals surface area (Å²) in [6, 6.07) is 0.379. The number of rotatable bonds is 5. The number of unbranched alkanes of at least 4 members (excludes halogenated alkanes) is 1. The molecule has 1 aromatic rings. The number of amides is 2. The normalized spacial score (nSPS) is 22.5. The molecule has 0 spiro atoms. The Bertz CT molecular complexity index is 538. The van der Waals surface area contributed by atoms with Gasteiger partial charge in [0.15, 0.2) is 0 Å². The lowest BCUT2D eigenvalue weighted by molar-refractivity contribution is 0.0633. The van der Waals surface area contributed by atoms with Gasteiger partial charge in [-0.1, -0.05) is 19.8 Å². The lowest BCUT2D eigenvalue weighted by Gasteiger charge is -2.37. The number of H-pyrrole nitrogens is 1. The highest BCUT2D eigenvalue weighted by Gasteiger charge is 2.39. The van der Waals surface area contributed by atoms with Crippen molar-refractivity contribution in [1.82, 2.24) is 20.0 Å². The molecule has 2 fully saturated rings. The number of hydrogen-bond donors (Lipinski definition) is 1. The molecule has 1 atom stereocenters. The summed E-state index contributed by atoms with van der Waals surface area (Å²) in [7, 11) is 0. The molecule has 0 aromatic carbocycles. The Morgan fingerprint density at radius 2 is 2.22 bits per heavy atom. The number of hydrogen-bond acceptors (Lipinski definition) is 4. The molecule has 3 rings (SSSR count). The van der Waals surface area contributed by atoms with Crippen molar-refractivity contribution in [3.8, 4) is 0 Å². The van der Waals surface area contributed by atoms with Crippen LogP contribution in [0, 0.1) is 0 Å². The fourth-order valence-corrected chi connectivity index (χ4v) is 3.48. The van der Waals surface area contributed by atoms with Crippen molar-refractivity contribution in [1.29, 1.82) is 0 Å². The van der Waals surface area contributed by atoms with Crippen molar-refractivity contribution in [3.05, 3.63) is 18.0 Å². The first kappa shape index (κ1) is 15.8. The van der Waals surface area contributed by atoms with Crippen LogP contribution in [-0.2, 0) is 4.74 Å². The van der Waals surface area contributed by atoms with E-state index in [0.29, 0.717) is 25.3 Å². The van der Waals surface area contributed by atoms with E-state index in [1.54, 1.807) is 12.4 Å². The van der Waals surface area contributed by atoms with Gasteiger partial charge in [0, 0.05) is 25.3 Å². The van der Waals surface area contributed by atoms with Gasteiger partial charge in [-0.05, 0) is 19.3 Å². The number of aromatic nitrogens is 2. The van der Waals surface area contributed by atoms with Crippen LogP contribution in [0.4, 0.5) is 4.79 Å². The van der Waals surface area contributed by atoms with Crippen LogP contribution in [0.3, 0.4) is 0 Å². The summed E-state index contributed by atoms with van der Waals surface area (Å²) in [5, 5.41) is 6.49. The Hall–Kier alpha value is -2.05. The molecule has 0 radical (unpaired) electrons. The lowest BCUT2D eigenvalue weighted by Crippen LogP contribution is -2.49. The molecule has 2 aliphatic rings. The number of carbonyl (C=O) groups excluding carboxylic acids is 2. The first-order chi connectivity index (χ1) is 11.2. The number of cyclic esters (lactones) is 1. The van der Waals surface area contributed by atoms with Gasteiger partial charge in [0.25, 0.3) is 5.91 Å². The van der Waals surface area contributed by atoms with Crippen molar-refractivity contribution >= 4 is 12.0 Å². The van der Waals surface area contributed by atoms with Crippen LogP contribution in [0.25, 0.3) is 0 Å². The van der Waals surface area contributed by atoms with Gasteiger partial charge in [-0.3, -0.25) is 14.8 Å². The summed E-state index contributed by atoms with van der Waals surface area (Å²) < 4.78 is 5.26. The van der Waals surface area contributed by atoms with Gasteiger partial charge in [0.2, 0.25) is 0 Å². The molecule has 3 heterocycles. The van der Waals surface area contributed by atoms with Crippen LogP contribution in [0.2, 0.25) is 0 Å². The molecule has 0 bridgehead atoms. The highest BCUT2D eigenvalue weighted by atomic mass is 16.6. The molecule has 1 unspecified atom stereocenters. The number of aromatic amines is 1. The van der Waals surface area contributed by atoms with Crippen LogP contribution < -0.4 is 0 Å². The summed E-state index contributed by atoms with van der Waals surface area (Å²) in [6.45, 7) is 3.99. The number of carbonyl (C=O) groups is 2. The van der Waals surface area contributed by atoms with Crippen LogP contribution in [0.15, 0.2) is 12.4 Å². The molecule has 2 amide bonds. The smallest absolute Gasteiger partial charge is 0.410 e. The Kier molecular flexibility index (Phi) is 4.83. The topological polar surface area (TPSA) is 78.5 Å². The number of piperidine rings is 1. The lowest BCUT2D eigenvalue weighted by atomic mass is 10.00. The molecule has 7 heteroatoms. The molecule has 2 saturated heterocycles. The summed E-state index contributed by atoms with van der Waals surface area (Å²) in [5.41, 5.74) is 0.588.